The first-order valence-electron chi connectivity index (χ1n) is 13.6. The van der Waals surface area contributed by atoms with Gasteiger partial charge in [0, 0.05) is 11.3 Å². The van der Waals surface area contributed by atoms with Crippen LogP contribution in [0.4, 0.5) is 5.69 Å². The van der Waals surface area contributed by atoms with Crippen LogP contribution in [0.5, 0.6) is 23.0 Å². The van der Waals surface area contributed by atoms with Crippen LogP contribution >= 0.6 is 0 Å². The average Bonchev–Trinajstić information content (AvgIpc) is 3.23. The second kappa shape index (κ2) is 13.1. The Hall–Kier alpha value is -4.46. The number of ether oxygens (including phenoxy) is 3. The fourth-order valence-electron chi connectivity index (χ4n) is 4.66. The van der Waals surface area contributed by atoms with E-state index in [1.807, 2.05) is 6.92 Å². The minimum absolute atomic E-state index is 0.0661. The molecule has 0 bridgehead atoms. The molecule has 1 aliphatic rings. The molecule has 1 atom stereocenters. The van der Waals surface area contributed by atoms with Gasteiger partial charge in [-0.15, -0.1) is 0 Å². The van der Waals surface area contributed by atoms with E-state index in [0.29, 0.717) is 48.1 Å². The van der Waals surface area contributed by atoms with Crippen LogP contribution in [0.2, 0.25) is 0 Å². The number of nitrogens with zero attached hydrogens (tertiary/aromatic N) is 1. The fourth-order valence-corrected chi connectivity index (χ4v) is 4.66. The van der Waals surface area contributed by atoms with Crippen molar-refractivity contribution in [2.75, 3.05) is 24.7 Å². The molecular formula is C32H35NO7. The lowest BCUT2D eigenvalue weighted by molar-refractivity contribution is -0.132. The highest BCUT2D eigenvalue weighted by atomic mass is 16.5. The van der Waals surface area contributed by atoms with Crippen LogP contribution < -0.4 is 19.1 Å². The maximum absolute atomic E-state index is 13.5. The van der Waals surface area contributed by atoms with Crippen molar-refractivity contribution in [3.8, 4) is 23.0 Å². The Kier molecular flexibility index (Phi) is 9.32. The number of hydrogen-bond acceptors (Lipinski definition) is 7. The molecule has 1 amide bonds. The number of aliphatic hydroxyl groups excluding tert-OH is 1. The molecule has 1 unspecified atom stereocenters. The number of carbonyl (C=O) groups excluding carboxylic acids is 2. The van der Waals surface area contributed by atoms with Crippen LogP contribution in [0.25, 0.3) is 5.76 Å². The molecule has 2 N–H and O–H groups in total. The molecule has 1 saturated heterocycles. The summed E-state index contributed by atoms with van der Waals surface area (Å²) in [4.78, 5) is 28.3. The SMILES string of the molecule is CCCCCOc1ccc(/C(O)=C2/C(=O)C(=O)N(c3ccc(OCC)cc3)C2c2ccc(O)c(OCC)c2)cc1. The van der Waals surface area contributed by atoms with Crippen LogP contribution in [-0.2, 0) is 9.59 Å². The van der Waals surface area contributed by atoms with E-state index in [4.69, 9.17) is 14.2 Å². The highest BCUT2D eigenvalue weighted by Crippen LogP contribution is 2.44. The van der Waals surface area contributed by atoms with Crippen LogP contribution in [0.3, 0.4) is 0 Å². The van der Waals surface area contributed by atoms with Gasteiger partial charge in [0.15, 0.2) is 11.5 Å². The second-order valence-corrected chi connectivity index (χ2v) is 9.34. The van der Waals surface area contributed by atoms with Gasteiger partial charge in [0.2, 0.25) is 0 Å². The summed E-state index contributed by atoms with van der Waals surface area (Å²) in [5.41, 5.74) is 1.26. The molecule has 0 spiro atoms. The Bertz CT molecular complexity index is 1360. The van der Waals surface area contributed by atoms with E-state index in [2.05, 4.69) is 6.92 Å². The first-order chi connectivity index (χ1) is 19.4. The molecule has 40 heavy (non-hydrogen) atoms. The van der Waals surface area contributed by atoms with Crippen LogP contribution in [0, 0.1) is 0 Å². The van der Waals surface area contributed by atoms with Gasteiger partial charge in [0.05, 0.1) is 31.4 Å². The van der Waals surface area contributed by atoms with Gasteiger partial charge in [-0.1, -0.05) is 25.8 Å². The van der Waals surface area contributed by atoms with Crippen molar-refractivity contribution in [2.24, 2.45) is 0 Å². The number of unbranched alkanes of at least 4 members (excludes halogenated alkanes) is 2. The first kappa shape index (κ1) is 28.5. The number of amides is 1. The summed E-state index contributed by atoms with van der Waals surface area (Å²) in [6, 6.07) is 17.3. The van der Waals surface area contributed by atoms with Crippen LogP contribution in [0.1, 0.15) is 57.2 Å². The topological polar surface area (TPSA) is 106 Å². The number of phenolic OH excluding ortho intramolecular Hbond substituents is 1. The van der Waals surface area contributed by atoms with Gasteiger partial charge in [0.25, 0.3) is 11.7 Å². The molecule has 1 fully saturated rings. The maximum Gasteiger partial charge on any atom is 0.300 e. The molecule has 1 aliphatic heterocycles. The number of carbonyl (C=O) groups is 2. The largest absolute Gasteiger partial charge is 0.507 e. The molecule has 8 heteroatoms. The Balaban J connectivity index is 1.78. The van der Waals surface area contributed by atoms with Gasteiger partial charge in [0.1, 0.15) is 17.3 Å². The molecule has 0 aliphatic carbocycles. The smallest absolute Gasteiger partial charge is 0.300 e. The minimum Gasteiger partial charge on any atom is -0.507 e. The standard InChI is InChI=1S/C32H35NO7/c1-4-7-8-19-40-25-14-9-21(10-15-25)30(35)28-29(22-11-18-26(34)27(20-22)39-6-3)33(32(37)31(28)36)23-12-16-24(17-13-23)38-5-2/h9-18,20,29,34-35H,4-8,19H2,1-3H3/b30-28-. The van der Waals surface area contributed by atoms with Crippen molar-refractivity contribution in [3.63, 3.8) is 0 Å². The molecule has 3 aromatic rings. The Morgan fingerprint density at radius 1 is 0.825 bits per heavy atom. The predicted molar refractivity (Wildman–Crippen MR) is 153 cm³/mol. The zero-order valence-corrected chi connectivity index (χ0v) is 23.1. The van der Waals surface area contributed by atoms with Crippen LogP contribution in [0.15, 0.2) is 72.3 Å². The molecule has 0 radical (unpaired) electrons. The highest BCUT2D eigenvalue weighted by molar-refractivity contribution is 6.51. The third-order valence-electron chi connectivity index (χ3n) is 6.61. The van der Waals surface area contributed by atoms with Crippen molar-refractivity contribution in [1.29, 1.82) is 0 Å². The zero-order valence-electron chi connectivity index (χ0n) is 23.1. The summed E-state index contributed by atoms with van der Waals surface area (Å²) < 4.78 is 16.9. The lowest BCUT2D eigenvalue weighted by Gasteiger charge is -2.26. The summed E-state index contributed by atoms with van der Waals surface area (Å²) in [7, 11) is 0. The zero-order chi connectivity index (χ0) is 28.6. The number of benzene rings is 3. The molecule has 1 heterocycles. The lowest BCUT2D eigenvalue weighted by Crippen LogP contribution is -2.29. The fraction of sp³-hybridized carbons (Fsp3) is 0.312. The molecule has 8 nitrogen and oxygen atoms in total. The molecule has 210 valence electrons. The van der Waals surface area contributed by atoms with Crippen LogP contribution in [-0.4, -0.2) is 41.7 Å². The van der Waals surface area contributed by atoms with Crippen molar-refractivity contribution in [3.05, 3.63) is 83.4 Å². The van der Waals surface area contributed by atoms with E-state index in [0.717, 1.165) is 19.3 Å². The molecule has 3 aromatic carbocycles. The summed E-state index contributed by atoms with van der Waals surface area (Å²) in [5.74, 6) is -0.487. The number of anilines is 1. The van der Waals surface area contributed by atoms with Crippen molar-refractivity contribution in [1.82, 2.24) is 0 Å². The monoisotopic (exact) mass is 545 g/mol. The number of phenols is 1. The van der Waals surface area contributed by atoms with E-state index in [1.54, 1.807) is 67.6 Å². The van der Waals surface area contributed by atoms with Gasteiger partial charge < -0.3 is 24.4 Å². The maximum atomic E-state index is 13.5. The Morgan fingerprint density at radius 3 is 2.12 bits per heavy atom. The van der Waals surface area contributed by atoms with Crippen molar-refractivity contribution >= 4 is 23.1 Å². The summed E-state index contributed by atoms with van der Waals surface area (Å²) in [6.45, 7) is 7.17. The molecule has 4 rings (SSSR count). The van der Waals surface area contributed by atoms with Gasteiger partial charge in [-0.25, -0.2) is 0 Å². The number of rotatable bonds is 12. The second-order valence-electron chi connectivity index (χ2n) is 9.34. The highest BCUT2D eigenvalue weighted by Gasteiger charge is 2.47. The Labute approximate surface area is 234 Å². The number of hydrogen-bond donors (Lipinski definition) is 2. The van der Waals surface area contributed by atoms with E-state index in [9.17, 15) is 19.8 Å². The third kappa shape index (κ3) is 6.06. The number of aliphatic hydroxyl groups is 1. The summed E-state index contributed by atoms with van der Waals surface area (Å²) in [5, 5.41) is 21.7. The summed E-state index contributed by atoms with van der Waals surface area (Å²) in [6.07, 6.45) is 3.12. The third-order valence-corrected chi connectivity index (χ3v) is 6.61. The number of ketones is 1. The van der Waals surface area contributed by atoms with Gasteiger partial charge in [-0.05, 0) is 86.5 Å². The van der Waals surface area contributed by atoms with E-state index < -0.39 is 17.7 Å². The van der Waals surface area contributed by atoms with E-state index in [-0.39, 0.29) is 22.8 Å². The molecule has 0 saturated carbocycles. The number of Topliss-reactive ketones (excluding diaryl/α,β-unsaturated/α-hetero) is 1. The van der Waals surface area contributed by atoms with Crippen molar-refractivity contribution in [2.45, 2.75) is 46.1 Å². The quantitative estimate of drug-likeness (QED) is 0.118. The normalized spacial score (nSPS) is 16.3. The van der Waals surface area contributed by atoms with Gasteiger partial charge in [-0.2, -0.15) is 0 Å². The number of aromatic hydroxyl groups is 1. The Morgan fingerprint density at radius 2 is 1.48 bits per heavy atom. The van der Waals surface area contributed by atoms with E-state index in [1.165, 1.54) is 11.0 Å². The average molecular weight is 546 g/mol. The van der Waals surface area contributed by atoms with Gasteiger partial charge >= 0.3 is 0 Å². The van der Waals surface area contributed by atoms with Crippen molar-refractivity contribution < 1.29 is 34.0 Å². The minimum atomic E-state index is -0.970. The van der Waals surface area contributed by atoms with Gasteiger partial charge in [-0.3, -0.25) is 14.5 Å². The lowest BCUT2D eigenvalue weighted by atomic mass is 9.94. The molecule has 0 aromatic heterocycles. The molecular weight excluding hydrogens is 510 g/mol. The van der Waals surface area contributed by atoms with E-state index >= 15 is 0 Å². The summed E-state index contributed by atoms with van der Waals surface area (Å²) >= 11 is 0. The predicted octanol–water partition coefficient (Wildman–Crippen LogP) is 6.38. The first-order valence-corrected chi connectivity index (χ1v) is 13.6.